The molecule has 0 atom stereocenters. The SMILES string of the molecule is CCCSC(=O)CCl. The molecule has 0 fully saturated rings. The van der Waals surface area contributed by atoms with Crippen LogP contribution in [0.2, 0.25) is 0 Å². The van der Waals surface area contributed by atoms with Crippen molar-refractivity contribution in [2.24, 2.45) is 0 Å². The second kappa shape index (κ2) is 5.45. The average molecular weight is 153 g/mol. The van der Waals surface area contributed by atoms with Gasteiger partial charge in [0, 0.05) is 5.75 Å². The predicted molar refractivity (Wildman–Crippen MR) is 38.5 cm³/mol. The van der Waals surface area contributed by atoms with Crippen LogP contribution >= 0.6 is 23.4 Å². The molecule has 48 valence electrons. The van der Waals surface area contributed by atoms with Gasteiger partial charge in [0.15, 0.2) is 0 Å². The van der Waals surface area contributed by atoms with E-state index in [-0.39, 0.29) is 11.0 Å². The summed E-state index contributed by atoms with van der Waals surface area (Å²) in [6.07, 6.45) is 1.04. The Morgan fingerprint density at radius 2 is 2.38 bits per heavy atom. The monoisotopic (exact) mass is 152 g/mol. The minimum absolute atomic E-state index is 0.0773. The zero-order valence-corrected chi connectivity index (χ0v) is 6.39. The van der Waals surface area contributed by atoms with Crippen molar-refractivity contribution in [3.05, 3.63) is 0 Å². The first kappa shape index (κ1) is 8.31. The van der Waals surface area contributed by atoms with E-state index in [0.717, 1.165) is 12.2 Å². The average Bonchev–Trinajstić information content (AvgIpc) is 1.83. The summed E-state index contributed by atoms with van der Waals surface area (Å²) in [5.41, 5.74) is 0. The molecule has 0 aliphatic rings. The van der Waals surface area contributed by atoms with Crippen LogP contribution in [0.3, 0.4) is 0 Å². The van der Waals surface area contributed by atoms with Gasteiger partial charge < -0.3 is 0 Å². The van der Waals surface area contributed by atoms with E-state index in [1.807, 2.05) is 6.92 Å². The van der Waals surface area contributed by atoms with Crippen LogP contribution in [0, 0.1) is 0 Å². The van der Waals surface area contributed by atoms with Crippen molar-refractivity contribution < 1.29 is 4.79 Å². The second-order valence-electron chi connectivity index (χ2n) is 1.35. The van der Waals surface area contributed by atoms with Crippen LogP contribution in [0.25, 0.3) is 0 Å². The number of hydrogen-bond acceptors (Lipinski definition) is 2. The Bertz CT molecular complexity index is 74.8. The molecule has 0 saturated heterocycles. The zero-order valence-electron chi connectivity index (χ0n) is 4.82. The van der Waals surface area contributed by atoms with E-state index in [1.165, 1.54) is 11.8 Å². The smallest absolute Gasteiger partial charge is 0.203 e. The van der Waals surface area contributed by atoms with Gasteiger partial charge >= 0.3 is 0 Å². The fourth-order valence-electron chi connectivity index (χ4n) is 0.254. The maximum Gasteiger partial charge on any atom is 0.203 e. The van der Waals surface area contributed by atoms with Gasteiger partial charge in [-0.15, -0.1) is 11.6 Å². The maximum absolute atomic E-state index is 10.4. The highest BCUT2D eigenvalue weighted by Gasteiger charge is 1.95. The molecule has 0 aromatic carbocycles. The van der Waals surface area contributed by atoms with Crippen molar-refractivity contribution in [2.45, 2.75) is 13.3 Å². The standard InChI is InChI=1S/C5H9ClOS/c1-2-3-8-5(7)4-6/h2-4H2,1H3. The van der Waals surface area contributed by atoms with Crippen LogP contribution < -0.4 is 0 Å². The summed E-state index contributed by atoms with van der Waals surface area (Å²) in [6, 6.07) is 0. The van der Waals surface area contributed by atoms with Crippen LogP contribution in [-0.2, 0) is 4.79 Å². The minimum Gasteiger partial charge on any atom is -0.286 e. The fourth-order valence-corrected chi connectivity index (χ4v) is 0.995. The van der Waals surface area contributed by atoms with E-state index >= 15 is 0 Å². The third-order valence-electron chi connectivity index (χ3n) is 0.576. The number of alkyl halides is 1. The van der Waals surface area contributed by atoms with Gasteiger partial charge in [-0.3, -0.25) is 4.79 Å². The molecule has 3 heteroatoms. The highest BCUT2D eigenvalue weighted by atomic mass is 35.5. The van der Waals surface area contributed by atoms with E-state index in [0.29, 0.717) is 0 Å². The molecule has 0 aromatic heterocycles. The molecule has 0 aromatic rings. The molecule has 0 saturated carbocycles. The Morgan fingerprint density at radius 3 is 2.75 bits per heavy atom. The van der Waals surface area contributed by atoms with Crippen molar-refractivity contribution in [3.8, 4) is 0 Å². The van der Waals surface area contributed by atoms with E-state index in [1.54, 1.807) is 0 Å². The lowest BCUT2D eigenvalue weighted by atomic mass is 10.6. The summed E-state index contributed by atoms with van der Waals surface area (Å²) >= 11 is 6.52. The van der Waals surface area contributed by atoms with Crippen LogP contribution in [0.1, 0.15) is 13.3 Å². The van der Waals surface area contributed by atoms with E-state index in [4.69, 9.17) is 11.6 Å². The maximum atomic E-state index is 10.4. The van der Waals surface area contributed by atoms with Gasteiger partial charge in [-0.2, -0.15) is 0 Å². The van der Waals surface area contributed by atoms with Crippen LogP contribution in [0.4, 0.5) is 0 Å². The molecular weight excluding hydrogens is 144 g/mol. The van der Waals surface area contributed by atoms with Gasteiger partial charge in [0.2, 0.25) is 5.12 Å². The number of rotatable bonds is 3. The minimum atomic E-state index is 0.0773. The lowest BCUT2D eigenvalue weighted by molar-refractivity contribution is -0.108. The highest BCUT2D eigenvalue weighted by molar-refractivity contribution is 8.13. The normalized spacial score (nSPS) is 9.25. The van der Waals surface area contributed by atoms with E-state index in [2.05, 4.69) is 0 Å². The number of hydrogen-bond donors (Lipinski definition) is 0. The Kier molecular flexibility index (Phi) is 5.66. The third-order valence-corrected chi connectivity index (χ3v) is 2.06. The summed E-state index contributed by atoms with van der Waals surface area (Å²) in [4.78, 5) is 10.4. The lowest BCUT2D eigenvalue weighted by Gasteiger charge is -1.89. The number of thioether (sulfide) groups is 1. The molecule has 1 nitrogen and oxygen atoms in total. The van der Waals surface area contributed by atoms with Crippen molar-refractivity contribution >= 4 is 28.5 Å². The van der Waals surface area contributed by atoms with E-state index in [9.17, 15) is 4.79 Å². The molecule has 0 unspecified atom stereocenters. The largest absolute Gasteiger partial charge is 0.286 e. The molecule has 0 spiro atoms. The van der Waals surface area contributed by atoms with Gasteiger partial charge in [-0.1, -0.05) is 18.7 Å². The van der Waals surface area contributed by atoms with Crippen molar-refractivity contribution in [1.82, 2.24) is 0 Å². The molecule has 0 amide bonds. The topological polar surface area (TPSA) is 17.1 Å². The van der Waals surface area contributed by atoms with Gasteiger partial charge in [0.25, 0.3) is 0 Å². The Morgan fingerprint density at radius 1 is 1.75 bits per heavy atom. The summed E-state index contributed by atoms with van der Waals surface area (Å²) in [7, 11) is 0. The van der Waals surface area contributed by atoms with Gasteiger partial charge in [-0.05, 0) is 6.42 Å². The van der Waals surface area contributed by atoms with Gasteiger partial charge in [0.1, 0.15) is 0 Å². The number of halogens is 1. The van der Waals surface area contributed by atoms with Crippen molar-refractivity contribution in [2.75, 3.05) is 11.6 Å². The number of carbonyl (C=O) groups is 1. The predicted octanol–water partition coefficient (Wildman–Crippen LogP) is 1.90. The molecule has 0 aliphatic heterocycles. The highest BCUT2D eigenvalue weighted by Crippen LogP contribution is 2.03. The number of carbonyl (C=O) groups excluding carboxylic acids is 1. The van der Waals surface area contributed by atoms with Crippen molar-refractivity contribution in [3.63, 3.8) is 0 Å². The third kappa shape index (κ3) is 4.47. The Hall–Kier alpha value is 0.310. The summed E-state index contributed by atoms with van der Waals surface area (Å²) in [5.74, 6) is 1.04. The molecule has 0 bridgehead atoms. The van der Waals surface area contributed by atoms with Crippen molar-refractivity contribution in [1.29, 1.82) is 0 Å². The molecule has 0 heterocycles. The van der Waals surface area contributed by atoms with Crippen LogP contribution in [-0.4, -0.2) is 16.7 Å². The van der Waals surface area contributed by atoms with E-state index < -0.39 is 0 Å². The summed E-state index contributed by atoms with van der Waals surface area (Å²) < 4.78 is 0. The molecule has 0 N–H and O–H groups in total. The Labute approximate surface area is 58.8 Å². The van der Waals surface area contributed by atoms with Crippen LogP contribution in [0.5, 0.6) is 0 Å². The van der Waals surface area contributed by atoms with Gasteiger partial charge in [-0.25, -0.2) is 0 Å². The lowest BCUT2D eigenvalue weighted by Crippen LogP contribution is -1.92. The zero-order chi connectivity index (χ0) is 6.41. The first-order valence-electron chi connectivity index (χ1n) is 2.52. The molecule has 0 radical (unpaired) electrons. The quantitative estimate of drug-likeness (QED) is 0.575. The Balaban J connectivity index is 2.99. The summed E-state index contributed by atoms with van der Waals surface area (Å²) in [5, 5.41) is 0.0773. The van der Waals surface area contributed by atoms with Gasteiger partial charge in [0.05, 0.1) is 5.88 Å². The molecular formula is C5H9ClOS. The van der Waals surface area contributed by atoms with Crippen LogP contribution in [0.15, 0.2) is 0 Å². The second-order valence-corrected chi connectivity index (χ2v) is 2.77. The summed E-state index contributed by atoms with van der Waals surface area (Å²) in [6.45, 7) is 2.04. The molecule has 8 heavy (non-hydrogen) atoms. The molecule has 0 rings (SSSR count). The first-order valence-corrected chi connectivity index (χ1v) is 4.04. The fraction of sp³-hybridized carbons (Fsp3) is 0.800. The molecule has 0 aliphatic carbocycles. The first-order chi connectivity index (χ1) is 3.81.